The first kappa shape index (κ1) is 17.2. The van der Waals surface area contributed by atoms with Crippen LogP contribution in [0.25, 0.3) is 0 Å². The van der Waals surface area contributed by atoms with Gasteiger partial charge in [0, 0.05) is 6.04 Å². The number of benzene rings is 3. The van der Waals surface area contributed by atoms with Crippen molar-refractivity contribution in [2.75, 3.05) is 6.54 Å². The monoisotopic (exact) mass is 331 g/mol. The fourth-order valence-electron chi connectivity index (χ4n) is 2.79. The summed E-state index contributed by atoms with van der Waals surface area (Å²) < 4.78 is 5.83. The molecule has 2 heteroatoms. The molecule has 3 aromatic rings. The van der Waals surface area contributed by atoms with E-state index >= 15 is 0 Å². The number of nitrogens with one attached hydrogen (secondary N) is 1. The molecular formula is C23H25NO. The number of rotatable bonds is 8. The van der Waals surface area contributed by atoms with E-state index in [9.17, 15) is 0 Å². The van der Waals surface area contributed by atoms with Crippen molar-refractivity contribution in [2.24, 2.45) is 0 Å². The minimum absolute atomic E-state index is 0.370. The average molecular weight is 331 g/mol. The van der Waals surface area contributed by atoms with E-state index in [0.29, 0.717) is 12.6 Å². The first-order chi connectivity index (χ1) is 12.3. The molecule has 0 saturated heterocycles. The van der Waals surface area contributed by atoms with Crippen molar-refractivity contribution in [3.8, 4) is 5.75 Å². The van der Waals surface area contributed by atoms with Crippen LogP contribution in [0.15, 0.2) is 84.9 Å². The number of hydrogen-bond acceptors (Lipinski definition) is 2. The van der Waals surface area contributed by atoms with Crippen LogP contribution in [0.3, 0.4) is 0 Å². The van der Waals surface area contributed by atoms with Gasteiger partial charge in [-0.3, -0.25) is 0 Å². The van der Waals surface area contributed by atoms with Crippen molar-refractivity contribution in [3.05, 3.63) is 102 Å². The fourth-order valence-corrected chi connectivity index (χ4v) is 2.79. The second-order valence-electron chi connectivity index (χ2n) is 6.25. The van der Waals surface area contributed by atoms with E-state index in [2.05, 4.69) is 79.0 Å². The van der Waals surface area contributed by atoms with Crippen LogP contribution < -0.4 is 10.1 Å². The lowest BCUT2D eigenvalue weighted by Crippen LogP contribution is -2.21. The zero-order chi connectivity index (χ0) is 17.3. The van der Waals surface area contributed by atoms with E-state index < -0.39 is 0 Å². The van der Waals surface area contributed by atoms with Crippen LogP contribution in [0.2, 0.25) is 0 Å². The molecule has 0 aliphatic heterocycles. The second kappa shape index (κ2) is 9.05. The Balaban J connectivity index is 1.43. The van der Waals surface area contributed by atoms with E-state index in [1.807, 2.05) is 18.2 Å². The highest BCUT2D eigenvalue weighted by molar-refractivity contribution is 5.28. The van der Waals surface area contributed by atoms with E-state index in [4.69, 9.17) is 4.74 Å². The summed E-state index contributed by atoms with van der Waals surface area (Å²) in [7, 11) is 0. The molecule has 0 aromatic heterocycles. The van der Waals surface area contributed by atoms with Crippen LogP contribution in [0, 0.1) is 0 Å². The zero-order valence-corrected chi connectivity index (χ0v) is 14.7. The van der Waals surface area contributed by atoms with Crippen molar-refractivity contribution >= 4 is 0 Å². The first-order valence-electron chi connectivity index (χ1n) is 8.85. The highest BCUT2D eigenvalue weighted by atomic mass is 16.5. The van der Waals surface area contributed by atoms with Gasteiger partial charge in [-0.2, -0.15) is 0 Å². The highest BCUT2D eigenvalue weighted by Crippen LogP contribution is 2.15. The van der Waals surface area contributed by atoms with Crippen LogP contribution in [0.1, 0.15) is 29.7 Å². The maximum absolute atomic E-state index is 5.83. The Morgan fingerprint density at radius 1 is 0.760 bits per heavy atom. The normalized spacial score (nSPS) is 11.9. The van der Waals surface area contributed by atoms with Crippen LogP contribution in [-0.4, -0.2) is 6.54 Å². The molecule has 1 N–H and O–H groups in total. The Labute approximate surface area is 150 Å². The molecule has 0 saturated carbocycles. The van der Waals surface area contributed by atoms with Crippen molar-refractivity contribution in [3.63, 3.8) is 0 Å². The predicted molar refractivity (Wildman–Crippen MR) is 104 cm³/mol. The van der Waals surface area contributed by atoms with Crippen molar-refractivity contribution in [1.82, 2.24) is 5.32 Å². The van der Waals surface area contributed by atoms with Crippen LogP contribution in [0.4, 0.5) is 0 Å². The summed E-state index contributed by atoms with van der Waals surface area (Å²) >= 11 is 0. The average Bonchev–Trinajstić information content (AvgIpc) is 2.69. The Bertz CT molecular complexity index is 738. The molecule has 0 radical (unpaired) electrons. The minimum Gasteiger partial charge on any atom is -0.489 e. The van der Waals surface area contributed by atoms with Gasteiger partial charge in [0.15, 0.2) is 0 Å². The molecule has 0 bridgehead atoms. The van der Waals surface area contributed by atoms with Gasteiger partial charge >= 0.3 is 0 Å². The maximum Gasteiger partial charge on any atom is 0.119 e. The molecule has 0 amide bonds. The van der Waals surface area contributed by atoms with Crippen LogP contribution in [-0.2, 0) is 13.0 Å². The first-order valence-corrected chi connectivity index (χ1v) is 8.85. The van der Waals surface area contributed by atoms with Gasteiger partial charge in [-0.1, -0.05) is 72.8 Å². The molecule has 2 nitrogen and oxygen atoms in total. The van der Waals surface area contributed by atoms with Gasteiger partial charge in [-0.15, -0.1) is 0 Å². The molecule has 25 heavy (non-hydrogen) atoms. The van der Waals surface area contributed by atoms with Gasteiger partial charge in [0.2, 0.25) is 0 Å². The van der Waals surface area contributed by atoms with Crippen molar-refractivity contribution in [1.29, 1.82) is 0 Å². The molecule has 0 fully saturated rings. The van der Waals surface area contributed by atoms with Crippen molar-refractivity contribution in [2.45, 2.75) is 26.0 Å². The molecule has 0 aliphatic carbocycles. The fraction of sp³-hybridized carbons (Fsp3) is 0.217. The third kappa shape index (κ3) is 5.47. The van der Waals surface area contributed by atoms with Gasteiger partial charge < -0.3 is 10.1 Å². The summed E-state index contributed by atoms with van der Waals surface area (Å²) in [6.07, 6.45) is 1.01. The summed E-state index contributed by atoms with van der Waals surface area (Å²) in [6.45, 7) is 3.77. The Morgan fingerprint density at radius 3 is 2.08 bits per heavy atom. The van der Waals surface area contributed by atoms with Gasteiger partial charge in [0.1, 0.15) is 12.4 Å². The lowest BCUT2D eigenvalue weighted by molar-refractivity contribution is 0.306. The number of ether oxygens (including phenoxy) is 1. The van der Waals surface area contributed by atoms with E-state index in [1.54, 1.807) is 0 Å². The third-order valence-corrected chi connectivity index (χ3v) is 4.34. The predicted octanol–water partition coefficient (Wildman–Crippen LogP) is 5.16. The smallest absolute Gasteiger partial charge is 0.119 e. The minimum atomic E-state index is 0.370. The molecular weight excluding hydrogens is 306 g/mol. The van der Waals surface area contributed by atoms with Gasteiger partial charge in [-0.05, 0) is 48.7 Å². The summed E-state index contributed by atoms with van der Waals surface area (Å²) in [5, 5.41) is 3.58. The zero-order valence-electron chi connectivity index (χ0n) is 14.7. The molecule has 0 spiro atoms. The summed E-state index contributed by atoms with van der Waals surface area (Å²) in [5.41, 5.74) is 3.83. The molecule has 3 aromatic carbocycles. The van der Waals surface area contributed by atoms with E-state index in [0.717, 1.165) is 18.7 Å². The van der Waals surface area contributed by atoms with Gasteiger partial charge in [-0.25, -0.2) is 0 Å². The quantitative estimate of drug-likeness (QED) is 0.615. The molecule has 1 atom stereocenters. The van der Waals surface area contributed by atoms with E-state index in [1.165, 1.54) is 16.7 Å². The van der Waals surface area contributed by atoms with Crippen molar-refractivity contribution < 1.29 is 4.74 Å². The highest BCUT2D eigenvalue weighted by Gasteiger charge is 2.03. The molecule has 0 heterocycles. The topological polar surface area (TPSA) is 21.3 Å². The van der Waals surface area contributed by atoms with Gasteiger partial charge in [0.05, 0.1) is 0 Å². The van der Waals surface area contributed by atoms with E-state index in [-0.39, 0.29) is 0 Å². The summed E-state index contributed by atoms with van der Waals surface area (Å²) in [5.74, 6) is 0.915. The largest absolute Gasteiger partial charge is 0.489 e. The molecule has 0 unspecified atom stereocenters. The third-order valence-electron chi connectivity index (χ3n) is 4.34. The SMILES string of the molecule is C[C@H](NCCc1ccc(OCc2ccccc2)cc1)c1ccccc1. The van der Waals surface area contributed by atoms with Gasteiger partial charge in [0.25, 0.3) is 0 Å². The molecule has 128 valence electrons. The second-order valence-corrected chi connectivity index (χ2v) is 6.25. The van der Waals surface area contributed by atoms with Crippen LogP contribution in [0.5, 0.6) is 5.75 Å². The molecule has 3 rings (SSSR count). The number of hydrogen-bond donors (Lipinski definition) is 1. The lowest BCUT2D eigenvalue weighted by atomic mass is 10.1. The summed E-state index contributed by atoms with van der Waals surface area (Å²) in [6, 6.07) is 29.6. The lowest BCUT2D eigenvalue weighted by Gasteiger charge is -2.14. The summed E-state index contributed by atoms with van der Waals surface area (Å²) in [4.78, 5) is 0. The standard InChI is InChI=1S/C23H25NO/c1-19(22-10-6-3-7-11-22)24-17-16-20-12-14-23(15-13-20)25-18-21-8-4-2-5-9-21/h2-15,19,24H,16-18H2,1H3/t19-/m0/s1. The Morgan fingerprint density at radius 2 is 1.40 bits per heavy atom. The Hall–Kier alpha value is -2.58. The maximum atomic E-state index is 5.83. The molecule has 0 aliphatic rings. The van der Waals surface area contributed by atoms with Crippen LogP contribution >= 0.6 is 0 Å². The Kier molecular flexibility index (Phi) is 6.24.